The van der Waals surface area contributed by atoms with E-state index in [0.717, 1.165) is 22.1 Å². The first-order chi connectivity index (χ1) is 9.61. The molecule has 0 amide bonds. The molecule has 2 heterocycles. The van der Waals surface area contributed by atoms with Gasteiger partial charge < -0.3 is 0 Å². The summed E-state index contributed by atoms with van der Waals surface area (Å²) in [5.74, 6) is 0. The monoisotopic (exact) mass is 300 g/mol. The second kappa shape index (κ2) is 3.93. The number of aromatic nitrogens is 4. The number of hydrogen-bond donors (Lipinski definition) is 0. The Hall–Kier alpha value is -1.66. The van der Waals surface area contributed by atoms with Crippen LogP contribution in [-0.4, -0.2) is 17.5 Å². The lowest BCUT2D eigenvalue weighted by atomic mass is 9.92. The van der Waals surface area contributed by atoms with Gasteiger partial charge in [0.25, 0.3) is 0 Å². The number of hydrogen-bond acceptors (Lipinski definition) is 6. The first-order valence-electron chi connectivity index (χ1n) is 6.37. The molecule has 0 unspecified atom stereocenters. The van der Waals surface area contributed by atoms with Crippen LogP contribution in [0.4, 0.5) is 0 Å². The van der Waals surface area contributed by atoms with E-state index in [-0.39, 0.29) is 0 Å². The molecule has 0 aliphatic rings. The lowest BCUT2D eigenvalue weighted by molar-refractivity contribution is 1.36. The van der Waals surface area contributed by atoms with Crippen LogP contribution in [0.15, 0.2) is 0 Å². The molecule has 6 heteroatoms. The van der Waals surface area contributed by atoms with Crippen molar-refractivity contribution in [1.82, 2.24) is 17.5 Å². The maximum atomic E-state index is 4.53. The van der Waals surface area contributed by atoms with Crippen molar-refractivity contribution >= 4 is 56.3 Å². The lowest BCUT2D eigenvalue weighted by Gasteiger charge is -2.12. The Balaban J connectivity index is 2.49. The van der Waals surface area contributed by atoms with Gasteiger partial charge in [0.15, 0.2) is 0 Å². The predicted molar refractivity (Wildman–Crippen MR) is 84.8 cm³/mol. The van der Waals surface area contributed by atoms with Gasteiger partial charge in [0.2, 0.25) is 0 Å². The van der Waals surface area contributed by atoms with Crippen LogP contribution in [0.3, 0.4) is 0 Å². The number of benzene rings is 2. The van der Waals surface area contributed by atoms with E-state index in [1.54, 1.807) is 0 Å². The highest BCUT2D eigenvalue weighted by molar-refractivity contribution is 7.00. The van der Waals surface area contributed by atoms with E-state index >= 15 is 0 Å². The van der Waals surface area contributed by atoms with Crippen molar-refractivity contribution in [2.24, 2.45) is 0 Å². The molecule has 4 aromatic rings. The third-order valence-electron chi connectivity index (χ3n) is 4.29. The standard InChI is InChI=1S/C14H12N4S2/c1-5-7(3)11-14(18-19-15-11)10-6(2)8(4)12-13(9(5)10)17-20-16-12/h1-4H3. The molecule has 2 aromatic carbocycles. The average Bonchev–Trinajstić information content (AvgIpc) is 3.08. The Morgan fingerprint density at radius 3 is 1.25 bits per heavy atom. The van der Waals surface area contributed by atoms with Crippen LogP contribution in [-0.2, 0) is 0 Å². The van der Waals surface area contributed by atoms with Crippen LogP contribution in [0.1, 0.15) is 22.3 Å². The summed E-state index contributed by atoms with van der Waals surface area (Å²) in [6.45, 7) is 8.51. The Morgan fingerprint density at radius 1 is 0.500 bits per heavy atom. The van der Waals surface area contributed by atoms with Crippen molar-refractivity contribution in [3.63, 3.8) is 0 Å². The van der Waals surface area contributed by atoms with Gasteiger partial charge >= 0.3 is 0 Å². The molecule has 0 N–H and O–H groups in total. The molecular formula is C14H12N4S2. The van der Waals surface area contributed by atoms with Crippen molar-refractivity contribution in [3.05, 3.63) is 22.3 Å². The summed E-state index contributed by atoms with van der Waals surface area (Å²) in [5.41, 5.74) is 8.90. The molecule has 4 rings (SSSR count). The largest absolute Gasteiger partial charge is 0.173 e. The summed E-state index contributed by atoms with van der Waals surface area (Å²) in [7, 11) is 0. The highest BCUT2D eigenvalue weighted by Crippen LogP contribution is 2.38. The first-order valence-corrected chi connectivity index (χ1v) is 7.84. The number of fused-ring (bicyclic) bond motifs is 5. The molecule has 0 bridgehead atoms. The summed E-state index contributed by atoms with van der Waals surface area (Å²) in [6.07, 6.45) is 0. The van der Waals surface area contributed by atoms with Crippen LogP contribution in [0.2, 0.25) is 0 Å². The van der Waals surface area contributed by atoms with Crippen LogP contribution >= 0.6 is 23.5 Å². The number of rotatable bonds is 0. The molecule has 2 aromatic heterocycles. The van der Waals surface area contributed by atoms with Gasteiger partial charge in [-0.1, -0.05) is 0 Å². The molecule has 0 atom stereocenters. The van der Waals surface area contributed by atoms with Gasteiger partial charge in [0.1, 0.15) is 22.1 Å². The third-order valence-corrected chi connectivity index (χ3v) is 5.34. The minimum Gasteiger partial charge on any atom is -0.173 e. The van der Waals surface area contributed by atoms with E-state index in [0.29, 0.717) is 0 Å². The number of aryl methyl sites for hydroxylation is 4. The zero-order chi connectivity index (χ0) is 14.0. The van der Waals surface area contributed by atoms with E-state index in [2.05, 4.69) is 45.2 Å². The minimum atomic E-state index is 1.00. The molecule has 0 saturated heterocycles. The van der Waals surface area contributed by atoms with E-state index in [1.807, 2.05) is 0 Å². The fourth-order valence-corrected chi connectivity index (χ4v) is 4.11. The molecular weight excluding hydrogens is 288 g/mol. The fraction of sp³-hybridized carbons (Fsp3) is 0.286. The normalized spacial score (nSPS) is 12.0. The van der Waals surface area contributed by atoms with Crippen LogP contribution < -0.4 is 0 Å². The van der Waals surface area contributed by atoms with Crippen molar-refractivity contribution in [1.29, 1.82) is 0 Å². The van der Waals surface area contributed by atoms with Crippen LogP contribution in [0.5, 0.6) is 0 Å². The predicted octanol–water partition coefficient (Wildman–Crippen LogP) is 4.08. The van der Waals surface area contributed by atoms with E-state index < -0.39 is 0 Å². The molecule has 0 radical (unpaired) electrons. The SMILES string of the molecule is Cc1c(C)c2c3nsnc3c(C)c(C)c2c2nsnc12. The Bertz CT molecular complexity index is 915. The molecule has 0 aliphatic carbocycles. The van der Waals surface area contributed by atoms with Gasteiger partial charge in [-0.15, -0.1) is 0 Å². The summed E-state index contributed by atoms with van der Waals surface area (Å²) in [6, 6.07) is 0. The highest BCUT2D eigenvalue weighted by atomic mass is 32.1. The first kappa shape index (κ1) is 12.1. The van der Waals surface area contributed by atoms with Crippen molar-refractivity contribution in [3.8, 4) is 0 Å². The van der Waals surface area contributed by atoms with Gasteiger partial charge in [-0.25, -0.2) is 0 Å². The van der Waals surface area contributed by atoms with E-state index in [9.17, 15) is 0 Å². The van der Waals surface area contributed by atoms with Gasteiger partial charge in [0, 0.05) is 10.8 Å². The second-order valence-electron chi connectivity index (χ2n) is 5.17. The van der Waals surface area contributed by atoms with Crippen LogP contribution in [0, 0.1) is 27.7 Å². The van der Waals surface area contributed by atoms with Gasteiger partial charge in [-0.3, -0.25) is 0 Å². The van der Waals surface area contributed by atoms with Crippen molar-refractivity contribution < 1.29 is 0 Å². The van der Waals surface area contributed by atoms with Crippen molar-refractivity contribution in [2.75, 3.05) is 0 Å². The Kier molecular flexibility index (Phi) is 2.38. The second-order valence-corrected chi connectivity index (χ2v) is 6.23. The van der Waals surface area contributed by atoms with Gasteiger partial charge in [-0.2, -0.15) is 17.5 Å². The fourth-order valence-electron chi connectivity index (χ4n) is 2.89. The summed E-state index contributed by atoms with van der Waals surface area (Å²) in [4.78, 5) is 0. The number of nitrogens with zero attached hydrogens (tertiary/aromatic N) is 4. The van der Waals surface area contributed by atoms with E-state index in [4.69, 9.17) is 0 Å². The maximum absolute atomic E-state index is 4.53. The molecule has 4 nitrogen and oxygen atoms in total. The lowest BCUT2D eigenvalue weighted by Crippen LogP contribution is -1.94. The Morgan fingerprint density at radius 2 is 0.850 bits per heavy atom. The summed E-state index contributed by atoms with van der Waals surface area (Å²) < 4.78 is 18.0. The third kappa shape index (κ3) is 1.30. The molecule has 0 fully saturated rings. The molecule has 0 aliphatic heterocycles. The van der Waals surface area contributed by atoms with Crippen LogP contribution in [0.25, 0.3) is 32.8 Å². The summed E-state index contributed by atoms with van der Waals surface area (Å²) in [5, 5.41) is 2.38. The topological polar surface area (TPSA) is 51.6 Å². The molecule has 20 heavy (non-hydrogen) atoms. The average molecular weight is 300 g/mol. The smallest absolute Gasteiger partial charge is 0.113 e. The van der Waals surface area contributed by atoms with Gasteiger partial charge in [-0.05, 0) is 49.9 Å². The zero-order valence-electron chi connectivity index (χ0n) is 11.6. The van der Waals surface area contributed by atoms with Crippen molar-refractivity contribution in [2.45, 2.75) is 27.7 Å². The van der Waals surface area contributed by atoms with E-state index in [1.165, 1.54) is 56.5 Å². The molecule has 0 saturated carbocycles. The van der Waals surface area contributed by atoms with Gasteiger partial charge in [0.05, 0.1) is 23.5 Å². The Labute approximate surface area is 124 Å². The highest BCUT2D eigenvalue weighted by Gasteiger charge is 2.20. The zero-order valence-corrected chi connectivity index (χ0v) is 13.2. The minimum absolute atomic E-state index is 1.00. The quantitative estimate of drug-likeness (QED) is 0.491. The molecule has 100 valence electrons. The molecule has 0 spiro atoms. The maximum Gasteiger partial charge on any atom is 0.113 e. The summed E-state index contributed by atoms with van der Waals surface area (Å²) >= 11 is 2.56.